The number of fused-ring (bicyclic) bond motifs is 1. The first-order chi connectivity index (χ1) is 18.0. The van der Waals surface area contributed by atoms with E-state index in [9.17, 15) is 15.0 Å². The van der Waals surface area contributed by atoms with E-state index >= 15 is 0 Å². The van der Waals surface area contributed by atoms with Gasteiger partial charge in [-0.2, -0.15) is 0 Å². The molecule has 3 atom stereocenters. The summed E-state index contributed by atoms with van der Waals surface area (Å²) in [6, 6.07) is 15.6. The third kappa shape index (κ3) is 6.79. The van der Waals surface area contributed by atoms with Crippen LogP contribution in [0.5, 0.6) is 11.5 Å². The topological polar surface area (TPSA) is 92.1 Å². The van der Waals surface area contributed by atoms with Gasteiger partial charge in [-0.1, -0.05) is 18.2 Å². The highest BCUT2D eigenvalue weighted by Crippen LogP contribution is 2.34. The van der Waals surface area contributed by atoms with Gasteiger partial charge in [0.1, 0.15) is 11.5 Å². The number of carbonyl (C=O) groups is 1. The number of benzene rings is 2. The number of ether oxygens (including phenoxy) is 2. The average Bonchev–Trinajstić information content (AvgIpc) is 2.93. The number of nitrogens with zero attached hydrogens (tertiary/aromatic N) is 2. The highest BCUT2D eigenvalue weighted by Gasteiger charge is 2.34. The number of rotatable bonds is 12. The number of aryl methyl sites for hydroxylation is 1. The summed E-state index contributed by atoms with van der Waals surface area (Å²) in [6.45, 7) is 2.37. The molecule has 0 unspecified atom stereocenters. The highest BCUT2D eigenvalue weighted by molar-refractivity contribution is 5.83. The van der Waals surface area contributed by atoms with Gasteiger partial charge in [0, 0.05) is 18.1 Å². The number of aliphatic hydroxyl groups is 1. The second-order valence-electron chi connectivity index (χ2n) is 9.94. The van der Waals surface area contributed by atoms with E-state index in [0.717, 1.165) is 66.7 Å². The third-order valence-electron chi connectivity index (χ3n) is 7.67. The molecule has 4 rings (SSSR count). The number of piperidine rings is 1. The fraction of sp³-hybridized carbons (Fsp3) is 0.467. The van der Waals surface area contributed by atoms with Crippen LogP contribution in [0.3, 0.4) is 0 Å². The van der Waals surface area contributed by atoms with Gasteiger partial charge in [0.15, 0.2) is 0 Å². The molecular formula is C30H38N2O5. The lowest BCUT2D eigenvalue weighted by atomic mass is 9.81. The fourth-order valence-electron chi connectivity index (χ4n) is 5.55. The summed E-state index contributed by atoms with van der Waals surface area (Å²) in [5.41, 5.74) is 2.83. The van der Waals surface area contributed by atoms with Gasteiger partial charge in [0.2, 0.25) is 0 Å². The minimum absolute atomic E-state index is 0.0552. The van der Waals surface area contributed by atoms with E-state index in [4.69, 9.17) is 9.47 Å². The molecule has 3 aromatic rings. The van der Waals surface area contributed by atoms with Gasteiger partial charge >= 0.3 is 5.97 Å². The number of methoxy groups -OCH3 is 2. The quantitative estimate of drug-likeness (QED) is 0.330. The molecule has 2 aromatic carbocycles. The first-order valence-corrected chi connectivity index (χ1v) is 13.2. The Hall–Kier alpha value is -3.16. The lowest BCUT2D eigenvalue weighted by molar-refractivity contribution is -0.146. The van der Waals surface area contributed by atoms with Crippen molar-refractivity contribution < 1.29 is 24.5 Å². The summed E-state index contributed by atoms with van der Waals surface area (Å²) >= 11 is 0. The van der Waals surface area contributed by atoms with Gasteiger partial charge in [-0.05, 0) is 99.0 Å². The molecule has 1 fully saturated rings. The molecule has 1 saturated heterocycles. The summed E-state index contributed by atoms with van der Waals surface area (Å²) in [6.07, 6.45) is 6.07. The summed E-state index contributed by atoms with van der Waals surface area (Å²) in [5.74, 6) is 0.548. The number of para-hydroxylation sites is 1. The van der Waals surface area contributed by atoms with Gasteiger partial charge < -0.3 is 24.6 Å². The zero-order valence-corrected chi connectivity index (χ0v) is 21.8. The SMILES string of the molecule is COc1ccc2nccc([C@@H](O)CC[C@@H]3CCN(CCCCc4ccccc4OC)C[C@@H]3C(=O)O)c2c1. The summed E-state index contributed by atoms with van der Waals surface area (Å²) in [7, 11) is 3.32. The Morgan fingerprint density at radius 3 is 2.76 bits per heavy atom. The van der Waals surface area contributed by atoms with Crippen molar-refractivity contribution in [2.75, 3.05) is 33.9 Å². The molecule has 1 aliphatic heterocycles. The number of aromatic nitrogens is 1. The Morgan fingerprint density at radius 2 is 1.97 bits per heavy atom. The van der Waals surface area contributed by atoms with Gasteiger partial charge in [-0.25, -0.2) is 0 Å². The molecule has 7 nitrogen and oxygen atoms in total. The Balaban J connectivity index is 1.29. The van der Waals surface area contributed by atoms with E-state index in [1.54, 1.807) is 20.4 Å². The number of likely N-dealkylation sites (tertiary alicyclic amines) is 1. The first-order valence-electron chi connectivity index (χ1n) is 13.2. The van der Waals surface area contributed by atoms with Crippen molar-refractivity contribution in [3.05, 3.63) is 65.9 Å². The van der Waals surface area contributed by atoms with Crippen LogP contribution in [0.25, 0.3) is 10.9 Å². The Labute approximate surface area is 219 Å². The van der Waals surface area contributed by atoms with Crippen LogP contribution in [0.15, 0.2) is 54.7 Å². The fourth-order valence-corrected chi connectivity index (χ4v) is 5.55. The molecule has 1 aliphatic rings. The Bertz CT molecular complexity index is 1180. The zero-order chi connectivity index (χ0) is 26.2. The molecule has 1 aromatic heterocycles. The van der Waals surface area contributed by atoms with Crippen molar-refractivity contribution in [2.45, 2.75) is 44.6 Å². The maximum atomic E-state index is 12.1. The van der Waals surface area contributed by atoms with Crippen LogP contribution in [0.1, 0.15) is 49.3 Å². The van der Waals surface area contributed by atoms with Crippen molar-refractivity contribution in [2.24, 2.45) is 11.8 Å². The predicted octanol–water partition coefficient (Wildman–Crippen LogP) is 5.11. The lowest BCUT2D eigenvalue weighted by Gasteiger charge is -2.37. The van der Waals surface area contributed by atoms with E-state index < -0.39 is 18.0 Å². The molecule has 0 saturated carbocycles. The number of carboxylic acids is 1. The standard InChI is InChI=1S/C30H38N2O5/c1-36-23-11-12-27-25(19-23)24(14-16-31-27)28(33)13-10-21-15-18-32(20-26(21)30(34)35)17-6-5-8-22-7-3-4-9-29(22)37-2/h3-4,7,9,11-12,14,16,19,21,26,28,33H,5-6,8,10,13,15,17-18,20H2,1-2H3,(H,34,35)/t21-,26+,28+/m1/s1. The summed E-state index contributed by atoms with van der Waals surface area (Å²) in [5, 5.41) is 21.9. The van der Waals surface area contributed by atoms with Crippen LogP contribution >= 0.6 is 0 Å². The number of unbranched alkanes of at least 4 members (excludes halogenated alkanes) is 1. The van der Waals surface area contributed by atoms with Crippen LogP contribution in [0.2, 0.25) is 0 Å². The van der Waals surface area contributed by atoms with Gasteiger partial charge in [0.25, 0.3) is 0 Å². The lowest BCUT2D eigenvalue weighted by Crippen LogP contribution is -2.44. The van der Waals surface area contributed by atoms with E-state index in [2.05, 4.69) is 16.0 Å². The molecule has 0 aliphatic carbocycles. The third-order valence-corrected chi connectivity index (χ3v) is 7.67. The van der Waals surface area contributed by atoms with Gasteiger partial charge in [-0.3, -0.25) is 9.78 Å². The normalized spacial score (nSPS) is 19.0. The molecule has 0 amide bonds. The second kappa shape index (κ2) is 12.9. The van der Waals surface area contributed by atoms with Crippen LogP contribution in [-0.2, 0) is 11.2 Å². The van der Waals surface area contributed by atoms with Crippen molar-refractivity contribution in [3.8, 4) is 11.5 Å². The average molecular weight is 507 g/mol. The summed E-state index contributed by atoms with van der Waals surface area (Å²) in [4.78, 5) is 18.8. The number of pyridine rings is 1. The van der Waals surface area contributed by atoms with Crippen molar-refractivity contribution in [1.82, 2.24) is 9.88 Å². The van der Waals surface area contributed by atoms with Crippen LogP contribution in [0, 0.1) is 11.8 Å². The van der Waals surface area contributed by atoms with E-state index in [-0.39, 0.29) is 5.92 Å². The molecule has 2 N–H and O–H groups in total. The second-order valence-corrected chi connectivity index (χ2v) is 9.94. The number of hydrogen-bond acceptors (Lipinski definition) is 6. The van der Waals surface area contributed by atoms with Gasteiger partial charge in [0.05, 0.1) is 31.8 Å². The van der Waals surface area contributed by atoms with E-state index in [1.807, 2.05) is 42.5 Å². The first kappa shape index (κ1) is 26.9. The molecular weight excluding hydrogens is 468 g/mol. The van der Waals surface area contributed by atoms with E-state index in [1.165, 1.54) is 5.56 Å². The highest BCUT2D eigenvalue weighted by atomic mass is 16.5. The monoisotopic (exact) mass is 506 g/mol. The summed E-state index contributed by atoms with van der Waals surface area (Å²) < 4.78 is 10.8. The van der Waals surface area contributed by atoms with Gasteiger partial charge in [-0.15, -0.1) is 0 Å². The Morgan fingerprint density at radius 1 is 1.14 bits per heavy atom. The van der Waals surface area contributed by atoms with Crippen LogP contribution in [0.4, 0.5) is 0 Å². The molecule has 0 radical (unpaired) electrons. The van der Waals surface area contributed by atoms with Crippen molar-refractivity contribution in [3.63, 3.8) is 0 Å². The largest absolute Gasteiger partial charge is 0.497 e. The molecule has 37 heavy (non-hydrogen) atoms. The van der Waals surface area contributed by atoms with Crippen molar-refractivity contribution in [1.29, 1.82) is 0 Å². The van der Waals surface area contributed by atoms with Crippen LogP contribution in [-0.4, -0.2) is 59.9 Å². The molecule has 2 heterocycles. The predicted molar refractivity (Wildman–Crippen MR) is 144 cm³/mol. The number of carboxylic acid groups (broad SMARTS) is 1. The molecule has 0 bridgehead atoms. The van der Waals surface area contributed by atoms with E-state index in [0.29, 0.717) is 19.4 Å². The number of aliphatic carboxylic acids is 1. The molecule has 7 heteroatoms. The smallest absolute Gasteiger partial charge is 0.308 e. The Kier molecular flexibility index (Phi) is 9.36. The van der Waals surface area contributed by atoms with Crippen molar-refractivity contribution >= 4 is 16.9 Å². The number of hydrogen-bond donors (Lipinski definition) is 2. The molecule has 0 spiro atoms. The number of aliphatic hydroxyl groups excluding tert-OH is 1. The minimum Gasteiger partial charge on any atom is -0.497 e. The maximum Gasteiger partial charge on any atom is 0.308 e. The zero-order valence-electron chi connectivity index (χ0n) is 21.8. The molecule has 198 valence electrons. The minimum atomic E-state index is -0.739. The van der Waals surface area contributed by atoms with Crippen LogP contribution < -0.4 is 9.47 Å². The maximum absolute atomic E-state index is 12.1.